The summed E-state index contributed by atoms with van der Waals surface area (Å²) in [4.78, 5) is 2.44. The zero-order valence-corrected chi connectivity index (χ0v) is 12.9. The van der Waals surface area contributed by atoms with E-state index in [1.54, 1.807) is 14.2 Å². The van der Waals surface area contributed by atoms with Crippen molar-refractivity contribution in [3.63, 3.8) is 0 Å². The van der Waals surface area contributed by atoms with E-state index in [4.69, 9.17) is 14.2 Å². The molecule has 5 heteroatoms. The Labute approximate surface area is 117 Å². The summed E-state index contributed by atoms with van der Waals surface area (Å²) < 4.78 is 16.1. The Morgan fingerprint density at radius 2 is 2.11 bits per heavy atom. The molecule has 1 aliphatic rings. The average molecular weight is 274 g/mol. The van der Waals surface area contributed by atoms with Crippen LogP contribution in [0.2, 0.25) is 0 Å². The van der Waals surface area contributed by atoms with Crippen molar-refractivity contribution in [1.29, 1.82) is 0 Å². The molecule has 0 bridgehead atoms. The van der Waals surface area contributed by atoms with Gasteiger partial charge in [-0.3, -0.25) is 4.90 Å². The number of nitrogens with zero attached hydrogens (tertiary/aromatic N) is 1. The number of hydrogen-bond donors (Lipinski definition) is 1. The third-order valence-corrected chi connectivity index (χ3v) is 3.75. The Morgan fingerprint density at radius 1 is 1.32 bits per heavy atom. The second kappa shape index (κ2) is 9.66. The van der Waals surface area contributed by atoms with Gasteiger partial charge in [-0.2, -0.15) is 0 Å². The van der Waals surface area contributed by atoms with Crippen molar-refractivity contribution in [2.75, 3.05) is 60.3 Å². The number of methoxy groups -OCH3 is 2. The quantitative estimate of drug-likeness (QED) is 0.632. The Balaban J connectivity index is 2.49. The summed E-state index contributed by atoms with van der Waals surface area (Å²) >= 11 is 0. The van der Waals surface area contributed by atoms with E-state index in [1.807, 2.05) is 0 Å². The maximum absolute atomic E-state index is 5.62. The Bertz CT molecular complexity index is 229. The van der Waals surface area contributed by atoms with Gasteiger partial charge in [0.1, 0.15) is 0 Å². The van der Waals surface area contributed by atoms with E-state index < -0.39 is 0 Å². The molecule has 1 heterocycles. The van der Waals surface area contributed by atoms with Crippen LogP contribution in [0.15, 0.2) is 0 Å². The lowest BCUT2D eigenvalue weighted by Gasteiger charge is -2.32. The van der Waals surface area contributed by atoms with Crippen molar-refractivity contribution in [2.45, 2.75) is 25.9 Å². The molecule has 0 amide bonds. The van der Waals surface area contributed by atoms with Crippen LogP contribution in [0.3, 0.4) is 0 Å². The van der Waals surface area contributed by atoms with Crippen LogP contribution < -0.4 is 5.32 Å². The molecule has 3 atom stereocenters. The van der Waals surface area contributed by atoms with Crippen molar-refractivity contribution >= 4 is 0 Å². The number of likely N-dealkylation sites (N-methyl/N-ethyl adjacent to an activating group) is 1. The van der Waals surface area contributed by atoms with Gasteiger partial charge in [-0.15, -0.1) is 0 Å². The maximum atomic E-state index is 5.62. The summed E-state index contributed by atoms with van der Waals surface area (Å²) in [6, 6.07) is 0.882. The fraction of sp³-hybridized carbons (Fsp3) is 1.00. The summed E-state index contributed by atoms with van der Waals surface area (Å²) in [6.45, 7) is 10.5. The standard InChI is InChI=1S/C14H30N2O3/c1-5-15-14-11-19-10-13(14)8-16(6-7-17-3)12(2)9-18-4/h12-15H,5-11H2,1-4H3. The molecular formula is C14H30N2O3. The van der Waals surface area contributed by atoms with Gasteiger partial charge in [-0.25, -0.2) is 0 Å². The van der Waals surface area contributed by atoms with E-state index >= 15 is 0 Å². The van der Waals surface area contributed by atoms with Crippen LogP contribution in [0.4, 0.5) is 0 Å². The van der Waals surface area contributed by atoms with Crippen molar-refractivity contribution in [3.05, 3.63) is 0 Å². The zero-order chi connectivity index (χ0) is 14.1. The lowest BCUT2D eigenvalue weighted by molar-refractivity contribution is 0.0610. The summed E-state index contributed by atoms with van der Waals surface area (Å²) in [5.41, 5.74) is 0. The summed E-state index contributed by atoms with van der Waals surface area (Å²) in [6.07, 6.45) is 0. The molecule has 0 aromatic rings. The SMILES string of the molecule is CCNC1COCC1CN(CCOC)C(C)COC. The molecule has 0 saturated carbocycles. The first-order valence-electron chi connectivity index (χ1n) is 7.25. The lowest BCUT2D eigenvalue weighted by atomic mass is 10.0. The summed E-state index contributed by atoms with van der Waals surface area (Å²) in [5.74, 6) is 0.552. The first kappa shape index (κ1) is 16.9. The van der Waals surface area contributed by atoms with E-state index in [9.17, 15) is 0 Å². The van der Waals surface area contributed by atoms with Gasteiger partial charge in [0.05, 0.1) is 26.4 Å². The molecule has 19 heavy (non-hydrogen) atoms. The highest BCUT2D eigenvalue weighted by molar-refractivity contribution is 4.84. The molecular weight excluding hydrogens is 244 g/mol. The summed E-state index contributed by atoms with van der Waals surface area (Å²) in [7, 11) is 3.50. The minimum atomic E-state index is 0.406. The third-order valence-electron chi connectivity index (χ3n) is 3.75. The second-order valence-electron chi connectivity index (χ2n) is 5.25. The first-order valence-corrected chi connectivity index (χ1v) is 7.25. The number of nitrogens with one attached hydrogen (secondary N) is 1. The highest BCUT2D eigenvalue weighted by Gasteiger charge is 2.30. The van der Waals surface area contributed by atoms with Gasteiger partial charge in [0, 0.05) is 45.3 Å². The molecule has 114 valence electrons. The minimum absolute atomic E-state index is 0.406. The van der Waals surface area contributed by atoms with Gasteiger partial charge < -0.3 is 19.5 Å². The van der Waals surface area contributed by atoms with E-state index in [1.165, 1.54) is 0 Å². The number of ether oxygens (including phenoxy) is 3. The van der Waals surface area contributed by atoms with E-state index in [2.05, 4.69) is 24.1 Å². The third kappa shape index (κ3) is 5.75. The predicted molar refractivity (Wildman–Crippen MR) is 76.6 cm³/mol. The molecule has 1 aliphatic heterocycles. The van der Waals surface area contributed by atoms with Crippen molar-refractivity contribution in [1.82, 2.24) is 10.2 Å². The van der Waals surface area contributed by atoms with E-state index in [0.717, 1.165) is 46.1 Å². The van der Waals surface area contributed by atoms with Crippen LogP contribution in [0.5, 0.6) is 0 Å². The van der Waals surface area contributed by atoms with Crippen molar-refractivity contribution in [3.8, 4) is 0 Å². The Hall–Kier alpha value is -0.200. The van der Waals surface area contributed by atoms with Crippen LogP contribution in [0.1, 0.15) is 13.8 Å². The molecule has 0 aliphatic carbocycles. The normalized spacial score (nSPS) is 25.1. The van der Waals surface area contributed by atoms with Crippen LogP contribution in [-0.2, 0) is 14.2 Å². The fourth-order valence-corrected chi connectivity index (χ4v) is 2.61. The van der Waals surface area contributed by atoms with Gasteiger partial charge >= 0.3 is 0 Å². The minimum Gasteiger partial charge on any atom is -0.383 e. The molecule has 1 saturated heterocycles. The molecule has 1 N–H and O–H groups in total. The second-order valence-corrected chi connectivity index (χ2v) is 5.25. The topological polar surface area (TPSA) is 43.0 Å². The smallest absolute Gasteiger partial charge is 0.0623 e. The van der Waals surface area contributed by atoms with E-state index in [-0.39, 0.29) is 0 Å². The highest BCUT2D eigenvalue weighted by atomic mass is 16.5. The summed E-state index contributed by atoms with van der Waals surface area (Å²) in [5, 5.41) is 3.51. The van der Waals surface area contributed by atoms with Gasteiger partial charge in [0.15, 0.2) is 0 Å². The van der Waals surface area contributed by atoms with Crippen LogP contribution in [0, 0.1) is 5.92 Å². The van der Waals surface area contributed by atoms with Crippen molar-refractivity contribution in [2.24, 2.45) is 5.92 Å². The van der Waals surface area contributed by atoms with Gasteiger partial charge in [-0.1, -0.05) is 6.92 Å². The maximum Gasteiger partial charge on any atom is 0.0623 e. The van der Waals surface area contributed by atoms with Crippen molar-refractivity contribution < 1.29 is 14.2 Å². The van der Waals surface area contributed by atoms with Crippen LogP contribution in [-0.4, -0.2) is 77.3 Å². The molecule has 5 nitrogen and oxygen atoms in total. The van der Waals surface area contributed by atoms with Gasteiger partial charge in [0.25, 0.3) is 0 Å². The highest BCUT2D eigenvalue weighted by Crippen LogP contribution is 2.16. The molecule has 1 fully saturated rings. The average Bonchev–Trinajstić information content (AvgIpc) is 2.82. The van der Waals surface area contributed by atoms with Crippen LogP contribution >= 0.6 is 0 Å². The molecule has 1 rings (SSSR count). The Kier molecular flexibility index (Phi) is 8.57. The largest absolute Gasteiger partial charge is 0.383 e. The molecule has 3 unspecified atom stereocenters. The first-order chi connectivity index (χ1) is 9.22. The van der Waals surface area contributed by atoms with E-state index in [0.29, 0.717) is 18.0 Å². The fourth-order valence-electron chi connectivity index (χ4n) is 2.61. The lowest BCUT2D eigenvalue weighted by Crippen LogP contribution is -2.46. The Morgan fingerprint density at radius 3 is 2.74 bits per heavy atom. The number of hydrogen-bond acceptors (Lipinski definition) is 5. The molecule has 0 aromatic carbocycles. The van der Waals surface area contributed by atoms with Crippen LogP contribution in [0.25, 0.3) is 0 Å². The predicted octanol–water partition coefficient (Wildman–Crippen LogP) is 0.594. The number of rotatable bonds is 10. The van der Waals surface area contributed by atoms with Gasteiger partial charge in [-0.05, 0) is 13.5 Å². The molecule has 0 aromatic heterocycles. The molecule has 0 radical (unpaired) electrons. The van der Waals surface area contributed by atoms with Gasteiger partial charge in [0.2, 0.25) is 0 Å². The molecule has 0 spiro atoms. The monoisotopic (exact) mass is 274 g/mol. The zero-order valence-electron chi connectivity index (χ0n) is 12.9.